The molecule has 4 aromatic rings. The Bertz CT molecular complexity index is 1210. The SMILES string of the molecule is COc1ccc2ccccc2c1/C(O)=C/c1nc2ccccc2[nH]c1=O. The van der Waals surface area contributed by atoms with E-state index in [4.69, 9.17) is 4.74 Å². The summed E-state index contributed by atoms with van der Waals surface area (Å²) in [7, 11) is 1.54. The minimum Gasteiger partial charge on any atom is -0.507 e. The Morgan fingerprint density at radius 2 is 1.85 bits per heavy atom. The first kappa shape index (κ1) is 15.9. The molecule has 1 aromatic heterocycles. The van der Waals surface area contributed by atoms with E-state index in [1.165, 1.54) is 6.08 Å². The molecular weight excluding hydrogens is 328 g/mol. The number of methoxy groups -OCH3 is 1. The molecule has 128 valence electrons. The zero-order chi connectivity index (χ0) is 18.1. The predicted molar refractivity (Wildman–Crippen MR) is 103 cm³/mol. The molecule has 0 unspecified atom stereocenters. The summed E-state index contributed by atoms with van der Waals surface area (Å²) >= 11 is 0. The van der Waals surface area contributed by atoms with Crippen molar-refractivity contribution in [2.45, 2.75) is 0 Å². The molecule has 0 saturated carbocycles. The summed E-state index contributed by atoms with van der Waals surface area (Å²) in [5.41, 5.74) is 1.60. The molecule has 0 saturated heterocycles. The lowest BCUT2D eigenvalue weighted by Gasteiger charge is -2.11. The van der Waals surface area contributed by atoms with Crippen molar-refractivity contribution in [1.82, 2.24) is 9.97 Å². The van der Waals surface area contributed by atoms with Crippen molar-refractivity contribution in [1.29, 1.82) is 0 Å². The lowest BCUT2D eigenvalue weighted by molar-refractivity contribution is 0.409. The van der Waals surface area contributed by atoms with Crippen LogP contribution < -0.4 is 10.3 Å². The molecule has 5 nitrogen and oxygen atoms in total. The maximum Gasteiger partial charge on any atom is 0.274 e. The molecule has 0 bridgehead atoms. The zero-order valence-electron chi connectivity index (χ0n) is 14.1. The van der Waals surface area contributed by atoms with Gasteiger partial charge in [0.1, 0.15) is 17.2 Å². The fourth-order valence-electron chi connectivity index (χ4n) is 3.03. The average molecular weight is 344 g/mol. The molecule has 0 aliphatic rings. The summed E-state index contributed by atoms with van der Waals surface area (Å²) in [5.74, 6) is 0.446. The molecule has 0 aliphatic heterocycles. The topological polar surface area (TPSA) is 75.2 Å². The van der Waals surface area contributed by atoms with Crippen LogP contribution in [0.25, 0.3) is 33.6 Å². The summed E-state index contributed by atoms with van der Waals surface area (Å²) < 4.78 is 5.41. The number of nitrogens with zero attached hydrogens (tertiary/aromatic N) is 1. The zero-order valence-corrected chi connectivity index (χ0v) is 14.1. The molecule has 1 heterocycles. The van der Waals surface area contributed by atoms with Gasteiger partial charge in [-0.05, 0) is 29.0 Å². The molecule has 0 fully saturated rings. The van der Waals surface area contributed by atoms with Crippen molar-refractivity contribution >= 4 is 33.6 Å². The Hall–Kier alpha value is -3.60. The van der Waals surface area contributed by atoms with Crippen LogP contribution in [0.3, 0.4) is 0 Å². The van der Waals surface area contributed by atoms with Gasteiger partial charge in [-0.2, -0.15) is 0 Å². The van der Waals surface area contributed by atoms with Gasteiger partial charge in [0.15, 0.2) is 0 Å². The van der Waals surface area contributed by atoms with Crippen LogP contribution in [-0.2, 0) is 0 Å². The Morgan fingerprint density at radius 3 is 2.69 bits per heavy atom. The third-order valence-corrected chi connectivity index (χ3v) is 4.27. The van der Waals surface area contributed by atoms with Crippen LogP contribution in [0.1, 0.15) is 11.3 Å². The summed E-state index contributed by atoms with van der Waals surface area (Å²) in [6, 6.07) is 18.6. The third kappa shape index (κ3) is 2.69. The second-order valence-electron chi connectivity index (χ2n) is 5.86. The fourth-order valence-corrected chi connectivity index (χ4v) is 3.03. The fraction of sp³-hybridized carbons (Fsp3) is 0.0476. The van der Waals surface area contributed by atoms with Gasteiger partial charge in [0, 0.05) is 6.08 Å². The minimum absolute atomic E-state index is 0.0769. The van der Waals surface area contributed by atoms with E-state index in [-0.39, 0.29) is 17.0 Å². The number of para-hydroxylation sites is 2. The Kier molecular flexibility index (Phi) is 3.89. The number of aromatic amines is 1. The number of aliphatic hydroxyl groups excluding tert-OH is 1. The number of aromatic nitrogens is 2. The van der Waals surface area contributed by atoms with Crippen LogP contribution in [0.5, 0.6) is 5.75 Å². The highest BCUT2D eigenvalue weighted by molar-refractivity contribution is 5.98. The summed E-state index contributed by atoms with van der Waals surface area (Å²) in [5, 5.41) is 12.6. The van der Waals surface area contributed by atoms with Gasteiger partial charge in [-0.3, -0.25) is 4.79 Å². The maximum absolute atomic E-state index is 12.3. The molecule has 0 amide bonds. The molecule has 0 spiro atoms. The highest BCUT2D eigenvalue weighted by Gasteiger charge is 2.13. The Labute approximate surface area is 149 Å². The van der Waals surface area contributed by atoms with Crippen LogP contribution in [0.15, 0.2) is 65.5 Å². The monoisotopic (exact) mass is 344 g/mol. The van der Waals surface area contributed by atoms with E-state index >= 15 is 0 Å². The number of hydrogen-bond acceptors (Lipinski definition) is 4. The quantitative estimate of drug-likeness (QED) is 0.548. The number of rotatable bonds is 3. The average Bonchev–Trinajstić information content (AvgIpc) is 2.67. The van der Waals surface area contributed by atoms with Gasteiger partial charge in [-0.25, -0.2) is 4.98 Å². The van der Waals surface area contributed by atoms with E-state index in [2.05, 4.69) is 9.97 Å². The van der Waals surface area contributed by atoms with Crippen LogP contribution in [0.4, 0.5) is 0 Å². The van der Waals surface area contributed by atoms with Crippen molar-refractivity contribution in [2.75, 3.05) is 7.11 Å². The Balaban J connectivity index is 1.93. The largest absolute Gasteiger partial charge is 0.507 e. The summed E-state index contributed by atoms with van der Waals surface area (Å²) in [4.78, 5) is 19.4. The van der Waals surface area contributed by atoms with E-state index in [0.29, 0.717) is 22.3 Å². The molecular formula is C21H16N2O3. The molecule has 3 aromatic carbocycles. The molecule has 0 atom stereocenters. The summed E-state index contributed by atoms with van der Waals surface area (Å²) in [6.07, 6.45) is 1.37. The lowest BCUT2D eigenvalue weighted by atomic mass is 10.0. The van der Waals surface area contributed by atoms with Crippen molar-refractivity contribution < 1.29 is 9.84 Å². The second-order valence-corrected chi connectivity index (χ2v) is 5.86. The van der Waals surface area contributed by atoms with E-state index in [1.807, 2.05) is 42.5 Å². The van der Waals surface area contributed by atoms with Gasteiger partial charge in [0.05, 0.1) is 23.7 Å². The molecule has 26 heavy (non-hydrogen) atoms. The highest BCUT2D eigenvalue weighted by atomic mass is 16.5. The molecule has 4 rings (SSSR count). The highest BCUT2D eigenvalue weighted by Crippen LogP contribution is 2.33. The predicted octanol–water partition coefficient (Wildman–Crippen LogP) is 4.14. The molecule has 0 radical (unpaired) electrons. The van der Waals surface area contributed by atoms with Crippen LogP contribution >= 0.6 is 0 Å². The number of ether oxygens (including phenoxy) is 1. The number of fused-ring (bicyclic) bond motifs is 2. The molecule has 2 N–H and O–H groups in total. The standard InChI is InChI=1S/C21H16N2O3/c1-26-19-11-10-13-6-2-3-7-14(13)20(19)18(24)12-17-21(25)23-16-9-5-4-8-15(16)22-17/h2-12,24H,1H3,(H,23,25)/b18-12-. The van der Waals surface area contributed by atoms with Gasteiger partial charge in [0.2, 0.25) is 0 Å². The smallest absolute Gasteiger partial charge is 0.274 e. The van der Waals surface area contributed by atoms with Crippen LogP contribution in [-0.4, -0.2) is 22.2 Å². The van der Waals surface area contributed by atoms with E-state index in [9.17, 15) is 9.90 Å². The van der Waals surface area contributed by atoms with E-state index in [0.717, 1.165) is 10.8 Å². The first-order valence-electron chi connectivity index (χ1n) is 8.13. The van der Waals surface area contributed by atoms with Crippen LogP contribution in [0, 0.1) is 0 Å². The van der Waals surface area contributed by atoms with Crippen molar-refractivity contribution in [3.63, 3.8) is 0 Å². The van der Waals surface area contributed by atoms with Gasteiger partial charge in [0.25, 0.3) is 5.56 Å². The number of aliphatic hydroxyl groups is 1. The van der Waals surface area contributed by atoms with Gasteiger partial charge in [-0.1, -0.05) is 42.5 Å². The third-order valence-electron chi connectivity index (χ3n) is 4.27. The van der Waals surface area contributed by atoms with Crippen molar-refractivity contribution in [2.24, 2.45) is 0 Å². The lowest BCUT2D eigenvalue weighted by Crippen LogP contribution is -2.12. The van der Waals surface area contributed by atoms with Crippen LogP contribution in [0.2, 0.25) is 0 Å². The van der Waals surface area contributed by atoms with E-state index in [1.54, 1.807) is 25.3 Å². The molecule has 5 heteroatoms. The van der Waals surface area contributed by atoms with Gasteiger partial charge in [-0.15, -0.1) is 0 Å². The second kappa shape index (κ2) is 6.37. The number of nitrogens with one attached hydrogen (secondary N) is 1. The molecule has 0 aliphatic carbocycles. The minimum atomic E-state index is -0.366. The first-order valence-corrected chi connectivity index (χ1v) is 8.13. The summed E-state index contributed by atoms with van der Waals surface area (Å²) in [6.45, 7) is 0. The van der Waals surface area contributed by atoms with Gasteiger partial charge < -0.3 is 14.8 Å². The van der Waals surface area contributed by atoms with Gasteiger partial charge >= 0.3 is 0 Å². The van der Waals surface area contributed by atoms with Crippen molar-refractivity contribution in [3.8, 4) is 5.75 Å². The normalized spacial score (nSPS) is 11.8. The maximum atomic E-state index is 12.3. The number of H-pyrrole nitrogens is 1. The Morgan fingerprint density at radius 1 is 1.08 bits per heavy atom. The number of hydrogen-bond donors (Lipinski definition) is 2. The first-order chi connectivity index (χ1) is 12.7. The number of benzene rings is 3. The van der Waals surface area contributed by atoms with Crippen molar-refractivity contribution in [3.05, 3.63) is 82.3 Å². The van der Waals surface area contributed by atoms with E-state index < -0.39 is 0 Å².